The van der Waals surface area contributed by atoms with Crippen LogP contribution in [0.15, 0.2) is 48.7 Å². The number of aliphatic hydroxyl groups is 1. The predicted molar refractivity (Wildman–Crippen MR) is 103 cm³/mol. The van der Waals surface area contributed by atoms with Crippen LogP contribution >= 0.6 is 0 Å². The van der Waals surface area contributed by atoms with Gasteiger partial charge in [-0.05, 0) is 55.0 Å². The van der Waals surface area contributed by atoms with Crippen molar-refractivity contribution in [3.05, 3.63) is 59.8 Å². The number of H-pyrrole nitrogens is 1. The highest BCUT2D eigenvalue weighted by Gasteiger charge is 2.47. The fourth-order valence-corrected chi connectivity index (χ4v) is 4.11. The van der Waals surface area contributed by atoms with Crippen molar-refractivity contribution in [2.75, 3.05) is 0 Å². The second-order valence-corrected chi connectivity index (χ2v) is 7.80. The standard InChI is InChI=1S/C22H20N2O4/c1-21(19(25)24-20(26)28-21)17-12-23-18-8-5-14(11-16(17)18)13-3-6-15(7-4-13)22(27)9-2-10-22/h3-8,11-12,23,27H,2,9-10H2,1H3,(H,24,25,26). The third-order valence-electron chi connectivity index (χ3n) is 6.08. The normalized spacial score (nSPS) is 23.4. The van der Waals surface area contributed by atoms with Gasteiger partial charge in [0, 0.05) is 22.7 Å². The van der Waals surface area contributed by atoms with Gasteiger partial charge in [0.1, 0.15) is 0 Å². The fourth-order valence-electron chi connectivity index (χ4n) is 4.11. The molecule has 6 nitrogen and oxygen atoms in total. The summed E-state index contributed by atoms with van der Waals surface area (Å²) in [6.45, 7) is 1.59. The van der Waals surface area contributed by atoms with E-state index in [1.807, 2.05) is 42.5 Å². The highest BCUT2D eigenvalue weighted by atomic mass is 16.6. The van der Waals surface area contributed by atoms with Crippen molar-refractivity contribution in [3.8, 4) is 11.1 Å². The van der Waals surface area contributed by atoms with Crippen LogP contribution in [0.3, 0.4) is 0 Å². The molecule has 2 fully saturated rings. The summed E-state index contributed by atoms with van der Waals surface area (Å²) < 4.78 is 5.28. The average molecular weight is 376 g/mol. The third-order valence-corrected chi connectivity index (χ3v) is 6.08. The molecule has 1 aromatic heterocycles. The quantitative estimate of drug-likeness (QED) is 0.650. The van der Waals surface area contributed by atoms with E-state index in [4.69, 9.17) is 4.74 Å². The maximum Gasteiger partial charge on any atom is 0.415 e. The zero-order chi connectivity index (χ0) is 19.5. The van der Waals surface area contributed by atoms with E-state index in [-0.39, 0.29) is 0 Å². The highest BCUT2D eigenvalue weighted by Crippen LogP contribution is 2.42. The van der Waals surface area contributed by atoms with Gasteiger partial charge in [0.15, 0.2) is 0 Å². The van der Waals surface area contributed by atoms with Gasteiger partial charge in [-0.25, -0.2) is 4.79 Å². The van der Waals surface area contributed by atoms with Crippen LogP contribution in [0.5, 0.6) is 0 Å². The first-order valence-corrected chi connectivity index (χ1v) is 9.38. The molecule has 28 heavy (non-hydrogen) atoms. The largest absolute Gasteiger partial charge is 0.428 e. The zero-order valence-electron chi connectivity index (χ0n) is 15.4. The number of cyclic esters (lactones) is 1. The van der Waals surface area contributed by atoms with E-state index >= 15 is 0 Å². The first-order chi connectivity index (χ1) is 13.4. The molecular weight excluding hydrogens is 356 g/mol. The number of ether oxygens (including phenoxy) is 1. The molecule has 2 heterocycles. The zero-order valence-corrected chi connectivity index (χ0v) is 15.4. The Hall–Kier alpha value is -3.12. The number of alkyl carbamates (subject to hydrolysis) is 1. The summed E-state index contributed by atoms with van der Waals surface area (Å²) in [7, 11) is 0. The lowest BCUT2D eigenvalue weighted by Gasteiger charge is -2.37. The molecule has 1 saturated carbocycles. The molecule has 0 spiro atoms. The molecule has 1 saturated heterocycles. The van der Waals surface area contributed by atoms with Crippen molar-refractivity contribution in [2.45, 2.75) is 37.4 Å². The lowest BCUT2D eigenvalue weighted by molar-refractivity contribution is -0.130. The molecule has 2 aliphatic rings. The van der Waals surface area contributed by atoms with Gasteiger partial charge in [-0.15, -0.1) is 0 Å². The van der Waals surface area contributed by atoms with Crippen molar-refractivity contribution in [1.29, 1.82) is 0 Å². The number of carbonyl (C=O) groups is 2. The first-order valence-electron chi connectivity index (χ1n) is 9.38. The molecule has 1 aliphatic heterocycles. The fraction of sp³-hybridized carbons (Fsp3) is 0.273. The smallest absolute Gasteiger partial charge is 0.415 e. The van der Waals surface area contributed by atoms with Crippen LogP contribution in [-0.2, 0) is 20.7 Å². The van der Waals surface area contributed by atoms with Crippen LogP contribution in [-0.4, -0.2) is 22.1 Å². The number of imide groups is 1. The lowest BCUT2D eigenvalue weighted by atomic mass is 9.75. The lowest BCUT2D eigenvalue weighted by Crippen LogP contribution is -2.33. The Morgan fingerprint density at radius 2 is 1.75 bits per heavy atom. The van der Waals surface area contributed by atoms with Gasteiger partial charge in [0.05, 0.1) is 5.60 Å². The topological polar surface area (TPSA) is 91.4 Å². The van der Waals surface area contributed by atoms with Crippen LogP contribution in [0, 0.1) is 0 Å². The molecule has 6 heteroatoms. The van der Waals surface area contributed by atoms with E-state index < -0.39 is 23.2 Å². The molecule has 142 valence electrons. The van der Waals surface area contributed by atoms with Gasteiger partial charge >= 0.3 is 6.09 Å². The minimum Gasteiger partial charge on any atom is -0.428 e. The Kier molecular flexibility index (Phi) is 3.46. The molecule has 0 radical (unpaired) electrons. The van der Waals surface area contributed by atoms with E-state index in [0.717, 1.165) is 46.9 Å². The summed E-state index contributed by atoms with van der Waals surface area (Å²) in [5, 5.41) is 13.5. The van der Waals surface area contributed by atoms with E-state index in [1.54, 1.807) is 13.1 Å². The molecule has 1 atom stereocenters. The van der Waals surface area contributed by atoms with E-state index in [2.05, 4.69) is 10.3 Å². The minimum atomic E-state index is -1.36. The molecule has 2 amide bonds. The molecule has 5 rings (SSSR count). The summed E-state index contributed by atoms with van der Waals surface area (Å²) in [6.07, 6.45) is 3.65. The van der Waals surface area contributed by atoms with Crippen LogP contribution in [0.1, 0.15) is 37.3 Å². The Labute approximate surface area is 161 Å². The van der Waals surface area contributed by atoms with Crippen molar-refractivity contribution < 1.29 is 19.4 Å². The summed E-state index contributed by atoms with van der Waals surface area (Å²) >= 11 is 0. The maximum absolute atomic E-state index is 12.3. The summed E-state index contributed by atoms with van der Waals surface area (Å²) in [4.78, 5) is 27.0. The average Bonchev–Trinajstić information content (AvgIpc) is 3.20. The number of carbonyl (C=O) groups excluding carboxylic acids is 2. The van der Waals surface area contributed by atoms with Gasteiger partial charge in [0.2, 0.25) is 5.60 Å². The monoisotopic (exact) mass is 376 g/mol. The molecule has 3 aromatic rings. The molecule has 1 aliphatic carbocycles. The van der Waals surface area contributed by atoms with Gasteiger partial charge in [-0.3, -0.25) is 10.1 Å². The van der Waals surface area contributed by atoms with Crippen LogP contribution in [0.4, 0.5) is 4.79 Å². The number of benzene rings is 2. The molecule has 1 unspecified atom stereocenters. The summed E-state index contributed by atoms with van der Waals surface area (Å²) in [5.41, 5.74) is 2.39. The van der Waals surface area contributed by atoms with Crippen molar-refractivity contribution >= 4 is 22.9 Å². The van der Waals surface area contributed by atoms with Crippen molar-refractivity contribution in [1.82, 2.24) is 10.3 Å². The van der Waals surface area contributed by atoms with Gasteiger partial charge in [-0.1, -0.05) is 30.3 Å². The van der Waals surface area contributed by atoms with Crippen LogP contribution in [0.2, 0.25) is 0 Å². The SMILES string of the molecule is CC1(c2c[nH]c3ccc(-c4ccc(C5(O)CCC5)cc4)cc23)OC(=O)NC1=O. The number of aromatic amines is 1. The molecule has 0 bridgehead atoms. The van der Waals surface area contributed by atoms with Crippen LogP contribution in [0.25, 0.3) is 22.0 Å². The van der Waals surface area contributed by atoms with Gasteiger partial charge in [0.25, 0.3) is 5.91 Å². The van der Waals surface area contributed by atoms with E-state index in [0.29, 0.717) is 5.56 Å². The van der Waals surface area contributed by atoms with Crippen LogP contribution < -0.4 is 5.32 Å². The van der Waals surface area contributed by atoms with E-state index in [9.17, 15) is 14.7 Å². The van der Waals surface area contributed by atoms with Gasteiger partial charge in [-0.2, -0.15) is 0 Å². The molecule has 3 N–H and O–H groups in total. The number of rotatable bonds is 3. The van der Waals surface area contributed by atoms with Crippen molar-refractivity contribution in [3.63, 3.8) is 0 Å². The van der Waals surface area contributed by atoms with E-state index in [1.165, 1.54) is 0 Å². The number of hydrogen-bond acceptors (Lipinski definition) is 4. The summed E-state index contributed by atoms with van der Waals surface area (Å²) in [5.74, 6) is -0.470. The second kappa shape index (κ2) is 5.69. The third kappa shape index (κ3) is 2.38. The maximum atomic E-state index is 12.3. The Bertz CT molecular complexity index is 1110. The number of fused-ring (bicyclic) bond motifs is 1. The first kappa shape index (κ1) is 17.0. The van der Waals surface area contributed by atoms with Gasteiger partial charge < -0.3 is 14.8 Å². The second-order valence-electron chi connectivity index (χ2n) is 7.80. The number of amides is 2. The molecule has 2 aromatic carbocycles. The Morgan fingerprint density at radius 3 is 2.36 bits per heavy atom. The summed E-state index contributed by atoms with van der Waals surface area (Å²) in [6, 6.07) is 13.9. The van der Waals surface area contributed by atoms with Crippen molar-refractivity contribution in [2.24, 2.45) is 0 Å². The number of hydrogen-bond donors (Lipinski definition) is 3. The molecular formula is C22H20N2O4. The minimum absolute atomic E-state index is 0.470. The highest BCUT2D eigenvalue weighted by molar-refractivity contribution is 6.05. The Balaban J connectivity index is 1.55. The predicted octanol–water partition coefficient (Wildman–Crippen LogP) is 3.69. The Morgan fingerprint density at radius 1 is 1.04 bits per heavy atom. The number of aromatic nitrogens is 1. The number of nitrogens with one attached hydrogen (secondary N) is 2.